The molecule has 2 aromatic rings. The van der Waals surface area contributed by atoms with Crippen LogP contribution >= 0.6 is 0 Å². The monoisotopic (exact) mass is 252 g/mol. The fourth-order valence-corrected chi connectivity index (χ4v) is 2.40. The quantitative estimate of drug-likeness (QED) is 0.808. The van der Waals surface area contributed by atoms with E-state index in [0.29, 0.717) is 0 Å². The maximum Gasteiger partial charge on any atom is 0.0666 e. The highest BCUT2D eigenvalue weighted by Crippen LogP contribution is 2.20. The van der Waals surface area contributed by atoms with Gasteiger partial charge in [0.05, 0.1) is 12.0 Å². The fraction of sp³-hybridized carbons (Fsp3) is 0.353. The molecule has 0 aliphatic rings. The van der Waals surface area contributed by atoms with Crippen LogP contribution in [0, 0.1) is 17.2 Å². The number of rotatable bonds is 5. The van der Waals surface area contributed by atoms with Gasteiger partial charge < -0.3 is 0 Å². The summed E-state index contributed by atoms with van der Waals surface area (Å²) in [4.78, 5) is 2.33. The Morgan fingerprint density at radius 1 is 1.16 bits per heavy atom. The molecule has 0 amide bonds. The molecular formula is C17H20N2. The zero-order valence-corrected chi connectivity index (χ0v) is 11.6. The number of nitrogens with zero attached hydrogens (tertiary/aromatic N) is 2. The molecule has 1 unspecified atom stereocenters. The van der Waals surface area contributed by atoms with Crippen molar-refractivity contribution in [3.05, 3.63) is 48.0 Å². The van der Waals surface area contributed by atoms with Crippen LogP contribution in [-0.4, -0.2) is 18.0 Å². The van der Waals surface area contributed by atoms with E-state index in [1.807, 2.05) is 6.92 Å². The molecule has 0 saturated carbocycles. The first-order valence-electron chi connectivity index (χ1n) is 6.83. The number of nitriles is 1. The normalized spacial score (nSPS) is 12.5. The predicted molar refractivity (Wildman–Crippen MR) is 79.7 cm³/mol. The Hall–Kier alpha value is -1.85. The number of hydrogen-bond acceptors (Lipinski definition) is 2. The smallest absolute Gasteiger partial charge is 0.0666 e. The van der Waals surface area contributed by atoms with Crippen molar-refractivity contribution in [3.8, 4) is 6.07 Å². The van der Waals surface area contributed by atoms with Crippen molar-refractivity contribution < 1.29 is 0 Å². The second kappa shape index (κ2) is 6.36. The highest BCUT2D eigenvalue weighted by atomic mass is 15.1. The Labute approximate surface area is 115 Å². The molecule has 19 heavy (non-hydrogen) atoms. The van der Waals surface area contributed by atoms with Crippen LogP contribution in [0.5, 0.6) is 0 Å². The van der Waals surface area contributed by atoms with Gasteiger partial charge in [-0.15, -0.1) is 0 Å². The van der Waals surface area contributed by atoms with Crippen molar-refractivity contribution in [2.45, 2.75) is 20.4 Å². The molecule has 2 nitrogen and oxygen atoms in total. The van der Waals surface area contributed by atoms with Gasteiger partial charge in [-0.1, -0.05) is 49.4 Å². The second-order valence-electron chi connectivity index (χ2n) is 5.00. The predicted octanol–water partition coefficient (Wildman–Crippen LogP) is 3.82. The van der Waals surface area contributed by atoms with Crippen molar-refractivity contribution in [1.29, 1.82) is 5.26 Å². The number of hydrogen-bond donors (Lipinski definition) is 0. The summed E-state index contributed by atoms with van der Waals surface area (Å²) in [6.45, 7) is 6.83. The summed E-state index contributed by atoms with van der Waals surface area (Å²) in [5.41, 5.74) is 1.34. The Morgan fingerprint density at radius 2 is 1.89 bits per heavy atom. The molecule has 0 bridgehead atoms. The molecule has 0 aromatic heterocycles. The van der Waals surface area contributed by atoms with Gasteiger partial charge >= 0.3 is 0 Å². The Morgan fingerprint density at radius 3 is 2.63 bits per heavy atom. The van der Waals surface area contributed by atoms with E-state index >= 15 is 0 Å². The van der Waals surface area contributed by atoms with Gasteiger partial charge in [-0.2, -0.15) is 5.26 Å². The minimum Gasteiger partial charge on any atom is -0.298 e. The molecule has 0 saturated heterocycles. The van der Waals surface area contributed by atoms with Crippen LogP contribution in [0.4, 0.5) is 0 Å². The summed E-state index contributed by atoms with van der Waals surface area (Å²) in [6, 6.07) is 17.2. The molecule has 0 fully saturated rings. The van der Waals surface area contributed by atoms with E-state index in [1.165, 1.54) is 16.3 Å². The molecule has 0 aliphatic carbocycles. The van der Waals surface area contributed by atoms with Crippen LogP contribution in [-0.2, 0) is 6.54 Å². The van der Waals surface area contributed by atoms with Crippen molar-refractivity contribution >= 4 is 10.8 Å². The third-order valence-corrected chi connectivity index (χ3v) is 3.47. The summed E-state index contributed by atoms with van der Waals surface area (Å²) in [5, 5.41) is 11.5. The third-order valence-electron chi connectivity index (χ3n) is 3.47. The SMILES string of the molecule is CCN(Cc1cccc2ccccc12)CC(C)C#N. The van der Waals surface area contributed by atoms with E-state index in [0.717, 1.165) is 19.6 Å². The summed E-state index contributed by atoms with van der Waals surface area (Å²) in [7, 11) is 0. The second-order valence-corrected chi connectivity index (χ2v) is 5.00. The average molecular weight is 252 g/mol. The minimum atomic E-state index is 0.0786. The molecule has 0 aliphatic heterocycles. The standard InChI is InChI=1S/C17H20N2/c1-3-19(12-14(2)11-18)13-16-9-6-8-15-7-4-5-10-17(15)16/h4-10,14H,3,12-13H2,1-2H3. The van der Waals surface area contributed by atoms with Crippen LogP contribution in [0.15, 0.2) is 42.5 Å². The lowest BCUT2D eigenvalue weighted by Gasteiger charge is -2.22. The van der Waals surface area contributed by atoms with Crippen LogP contribution in [0.1, 0.15) is 19.4 Å². The highest BCUT2D eigenvalue weighted by Gasteiger charge is 2.10. The zero-order valence-electron chi connectivity index (χ0n) is 11.6. The topological polar surface area (TPSA) is 27.0 Å². The van der Waals surface area contributed by atoms with Crippen molar-refractivity contribution in [1.82, 2.24) is 4.90 Å². The Bertz CT molecular complexity index is 578. The van der Waals surface area contributed by atoms with Gasteiger partial charge in [0.1, 0.15) is 0 Å². The number of benzene rings is 2. The Kier molecular flexibility index (Phi) is 4.54. The van der Waals surface area contributed by atoms with Gasteiger partial charge in [-0.3, -0.25) is 4.90 Å². The van der Waals surface area contributed by atoms with Gasteiger partial charge in [0, 0.05) is 13.1 Å². The van der Waals surface area contributed by atoms with E-state index in [-0.39, 0.29) is 5.92 Å². The minimum absolute atomic E-state index is 0.0786. The molecule has 1 atom stereocenters. The molecule has 0 radical (unpaired) electrons. The van der Waals surface area contributed by atoms with E-state index in [9.17, 15) is 0 Å². The molecule has 0 spiro atoms. The van der Waals surface area contributed by atoms with Gasteiger partial charge in [0.2, 0.25) is 0 Å². The molecule has 2 heteroatoms. The summed E-state index contributed by atoms with van der Waals surface area (Å²) >= 11 is 0. The average Bonchev–Trinajstić information content (AvgIpc) is 2.46. The van der Waals surface area contributed by atoms with Crippen LogP contribution in [0.3, 0.4) is 0 Å². The summed E-state index contributed by atoms with van der Waals surface area (Å²) in [6.07, 6.45) is 0. The first kappa shape index (κ1) is 13.6. The maximum atomic E-state index is 8.94. The van der Waals surface area contributed by atoms with Gasteiger partial charge in [0.25, 0.3) is 0 Å². The van der Waals surface area contributed by atoms with Gasteiger partial charge in [-0.05, 0) is 29.8 Å². The first-order valence-corrected chi connectivity index (χ1v) is 6.83. The van der Waals surface area contributed by atoms with Crippen LogP contribution in [0.2, 0.25) is 0 Å². The van der Waals surface area contributed by atoms with E-state index < -0.39 is 0 Å². The highest BCUT2D eigenvalue weighted by molar-refractivity contribution is 5.85. The first-order chi connectivity index (χ1) is 9.24. The summed E-state index contributed by atoms with van der Waals surface area (Å²) < 4.78 is 0. The van der Waals surface area contributed by atoms with E-state index in [1.54, 1.807) is 0 Å². The van der Waals surface area contributed by atoms with E-state index in [2.05, 4.69) is 60.4 Å². The van der Waals surface area contributed by atoms with Crippen LogP contribution in [0.25, 0.3) is 10.8 Å². The van der Waals surface area contributed by atoms with Crippen LogP contribution < -0.4 is 0 Å². The Balaban J connectivity index is 2.22. The molecule has 0 N–H and O–H groups in total. The lowest BCUT2D eigenvalue weighted by molar-refractivity contribution is 0.261. The third kappa shape index (κ3) is 3.33. The molecule has 0 heterocycles. The van der Waals surface area contributed by atoms with Gasteiger partial charge in [-0.25, -0.2) is 0 Å². The molecule has 98 valence electrons. The molecular weight excluding hydrogens is 232 g/mol. The largest absolute Gasteiger partial charge is 0.298 e. The number of fused-ring (bicyclic) bond motifs is 1. The maximum absolute atomic E-state index is 8.94. The van der Waals surface area contributed by atoms with E-state index in [4.69, 9.17) is 5.26 Å². The molecule has 2 aromatic carbocycles. The fourth-order valence-electron chi connectivity index (χ4n) is 2.40. The summed E-state index contributed by atoms with van der Waals surface area (Å²) in [5.74, 6) is 0.0786. The van der Waals surface area contributed by atoms with Gasteiger partial charge in [0.15, 0.2) is 0 Å². The lowest BCUT2D eigenvalue weighted by atomic mass is 10.0. The lowest BCUT2D eigenvalue weighted by Crippen LogP contribution is -2.27. The van der Waals surface area contributed by atoms with Crippen molar-refractivity contribution in [2.24, 2.45) is 5.92 Å². The molecule has 2 rings (SSSR count). The van der Waals surface area contributed by atoms with Crippen molar-refractivity contribution in [2.75, 3.05) is 13.1 Å². The zero-order chi connectivity index (χ0) is 13.7. The van der Waals surface area contributed by atoms with Crippen molar-refractivity contribution in [3.63, 3.8) is 0 Å².